The van der Waals surface area contributed by atoms with Crippen molar-refractivity contribution in [1.82, 2.24) is 4.90 Å². The quantitative estimate of drug-likeness (QED) is 0.858. The molecule has 0 bridgehead atoms. The van der Waals surface area contributed by atoms with Gasteiger partial charge in [0.15, 0.2) is 0 Å². The van der Waals surface area contributed by atoms with Crippen LogP contribution >= 0.6 is 0 Å². The number of likely N-dealkylation sites (tertiary alicyclic amines) is 1. The molecule has 2 aliphatic carbocycles. The van der Waals surface area contributed by atoms with Crippen LogP contribution in [0, 0.1) is 11.3 Å². The van der Waals surface area contributed by atoms with Crippen LogP contribution < -0.4 is 0 Å². The summed E-state index contributed by atoms with van der Waals surface area (Å²) in [6, 6.07) is 10.3. The van der Waals surface area contributed by atoms with Gasteiger partial charge in [0.25, 0.3) is 0 Å². The van der Waals surface area contributed by atoms with Crippen molar-refractivity contribution in [1.29, 1.82) is 0 Å². The van der Waals surface area contributed by atoms with Crippen molar-refractivity contribution in [3.05, 3.63) is 35.9 Å². The van der Waals surface area contributed by atoms with E-state index in [0.717, 1.165) is 25.4 Å². The molecule has 1 aromatic carbocycles. The molecule has 1 amide bonds. The number of carbonyl (C=O) groups excluding carboxylic acids is 2. The molecule has 3 heteroatoms. The van der Waals surface area contributed by atoms with Gasteiger partial charge in [-0.1, -0.05) is 30.3 Å². The molecular weight excluding hydrogens is 286 g/mol. The van der Waals surface area contributed by atoms with Gasteiger partial charge in [-0.05, 0) is 44.1 Å². The molecule has 1 aliphatic heterocycles. The second-order valence-electron chi connectivity index (χ2n) is 7.94. The van der Waals surface area contributed by atoms with Crippen molar-refractivity contribution >= 4 is 11.7 Å². The summed E-state index contributed by atoms with van der Waals surface area (Å²) >= 11 is 0. The number of Topliss-reactive ketones (excluding diaryl/α,β-unsaturated/α-hetero) is 1. The van der Waals surface area contributed by atoms with E-state index in [4.69, 9.17) is 0 Å². The maximum atomic E-state index is 13.3. The van der Waals surface area contributed by atoms with Crippen LogP contribution in [0.15, 0.2) is 30.3 Å². The SMILES string of the molecule is C[C@]12CCC(=O)C[C@@]1(c1ccccc1)CCN(CC1CC1)C2=O. The monoisotopic (exact) mass is 311 g/mol. The molecule has 0 spiro atoms. The van der Waals surface area contributed by atoms with Crippen molar-refractivity contribution in [2.75, 3.05) is 13.1 Å². The summed E-state index contributed by atoms with van der Waals surface area (Å²) in [5.74, 6) is 1.32. The standard InChI is InChI=1S/C20H25NO2/c1-19-10-9-17(22)13-20(19,16-5-3-2-4-6-16)11-12-21(18(19)23)14-15-7-8-15/h2-6,15H,7-14H2,1H3/t19-,20-/m1/s1. The van der Waals surface area contributed by atoms with Gasteiger partial charge in [0.1, 0.15) is 5.78 Å². The van der Waals surface area contributed by atoms with E-state index < -0.39 is 5.41 Å². The maximum absolute atomic E-state index is 13.3. The van der Waals surface area contributed by atoms with Crippen LogP contribution in [0.5, 0.6) is 0 Å². The number of piperidine rings is 1. The highest BCUT2D eigenvalue weighted by molar-refractivity contribution is 5.91. The number of fused-ring (bicyclic) bond motifs is 1. The van der Waals surface area contributed by atoms with Crippen LogP contribution in [0.3, 0.4) is 0 Å². The molecule has 1 saturated heterocycles. The van der Waals surface area contributed by atoms with E-state index in [1.807, 2.05) is 18.2 Å². The zero-order valence-corrected chi connectivity index (χ0v) is 13.9. The van der Waals surface area contributed by atoms with Crippen molar-refractivity contribution in [2.45, 2.75) is 50.9 Å². The molecule has 0 unspecified atom stereocenters. The van der Waals surface area contributed by atoms with Gasteiger partial charge in [-0.2, -0.15) is 0 Å². The first kappa shape index (κ1) is 14.9. The predicted molar refractivity (Wildman–Crippen MR) is 89.0 cm³/mol. The second kappa shape index (κ2) is 5.19. The number of carbonyl (C=O) groups is 2. The van der Waals surface area contributed by atoms with Gasteiger partial charge in [-0.25, -0.2) is 0 Å². The molecule has 122 valence electrons. The molecule has 1 aromatic rings. The topological polar surface area (TPSA) is 37.4 Å². The summed E-state index contributed by atoms with van der Waals surface area (Å²) in [7, 11) is 0. The Morgan fingerprint density at radius 3 is 2.57 bits per heavy atom. The Bertz CT molecular complexity index is 636. The number of hydrogen-bond donors (Lipinski definition) is 0. The lowest BCUT2D eigenvalue weighted by molar-refractivity contribution is -0.158. The number of ketones is 1. The van der Waals surface area contributed by atoms with E-state index in [1.165, 1.54) is 18.4 Å². The number of amides is 1. The van der Waals surface area contributed by atoms with Crippen LogP contribution in [0.4, 0.5) is 0 Å². The summed E-state index contributed by atoms with van der Waals surface area (Å²) in [5, 5.41) is 0. The highest BCUT2D eigenvalue weighted by Gasteiger charge is 2.60. The molecule has 3 nitrogen and oxygen atoms in total. The first-order valence-corrected chi connectivity index (χ1v) is 8.92. The summed E-state index contributed by atoms with van der Waals surface area (Å²) in [6.45, 7) is 3.84. The first-order valence-electron chi connectivity index (χ1n) is 8.92. The predicted octanol–water partition coefficient (Wildman–Crippen LogP) is 3.33. The molecule has 0 radical (unpaired) electrons. The third kappa shape index (κ3) is 2.24. The van der Waals surface area contributed by atoms with E-state index in [9.17, 15) is 9.59 Å². The Kier molecular flexibility index (Phi) is 3.36. The third-order valence-corrected chi connectivity index (χ3v) is 6.53. The molecule has 3 aliphatic rings. The molecule has 3 fully saturated rings. The van der Waals surface area contributed by atoms with E-state index in [0.29, 0.717) is 25.0 Å². The lowest BCUT2D eigenvalue weighted by Gasteiger charge is -2.56. The Morgan fingerprint density at radius 2 is 1.87 bits per heavy atom. The number of nitrogens with zero attached hydrogens (tertiary/aromatic N) is 1. The maximum Gasteiger partial charge on any atom is 0.229 e. The summed E-state index contributed by atoms with van der Waals surface area (Å²) < 4.78 is 0. The largest absolute Gasteiger partial charge is 0.342 e. The molecule has 0 aromatic heterocycles. The molecule has 1 heterocycles. The minimum atomic E-state index is -0.435. The number of benzene rings is 1. The zero-order valence-electron chi connectivity index (χ0n) is 13.9. The van der Waals surface area contributed by atoms with Crippen LogP contribution in [-0.4, -0.2) is 29.7 Å². The normalized spacial score (nSPS) is 34.4. The Labute approximate surface area is 138 Å². The van der Waals surface area contributed by atoms with Crippen LogP contribution in [0.2, 0.25) is 0 Å². The van der Waals surface area contributed by atoms with Crippen molar-refractivity contribution in [2.24, 2.45) is 11.3 Å². The van der Waals surface area contributed by atoms with Crippen molar-refractivity contribution in [3.63, 3.8) is 0 Å². The summed E-state index contributed by atoms with van der Waals surface area (Å²) in [4.78, 5) is 27.7. The minimum absolute atomic E-state index is 0.284. The molecule has 0 N–H and O–H groups in total. The highest BCUT2D eigenvalue weighted by Crippen LogP contribution is 2.56. The third-order valence-electron chi connectivity index (χ3n) is 6.53. The fourth-order valence-corrected chi connectivity index (χ4v) is 4.81. The fraction of sp³-hybridized carbons (Fsp3) is 0.600. The van der Waals surface area contributed by atoms with Gasteiger partial charge in [0.05, 0.1) is 5.41 Å². The van der Waals surface area contributed by atoms with Gasteiger partial charge < -0.3 is 4.90 Å². The van der Waals surface area contributed by atoms with Gasteiger partial charge in [0, 0.05) is 31.3 Å². The molecule has 23 heavy (non-hydrogen) atoms. The van der Waals surface area contributed by atoms with Gasteiger partial charge in [0.2, 0.25) is 5.91 Å². The average Bonchev–Trinajstić information content (AvgIpc) is 3.37. The smallest absolute Gasteiger partial charge is 0.229 e. The van der Waals surface area contributed by atoms with Crippen molar-refractivity contribution < 1.29 is 9.59 Å². The van der Waals surface area contributed by atoms with Gasteiger partial charge >= 0.3 is 0 Å². The Morgan fingerprint density at radius 1 is 1.13 bits per heavy atom. The lowest BCUT2D eigenvalue weighted by atomic mass is 9.50. The molecular formula is C20H25NO2. The first-order chi connectivity index (χ1) is 11.1. The Hall–Kier alpha value is -1.64. The highest BCUT2D eigenvalue weighted by atomic mass is 16.2. The fourth-order valence-electron chi connectivity index (χ4n) is 4.81. The van der Waals surface area contributed by atoms with E-state index in [2.05, 4.69) is 24.0 Å². The lowest BCUT2D eigenvalue weighted by Crippen LogP contribution is -2.62. The minimum Gasteiger partial charge on any atom is -0.342 e. The number of hydrogen-bond acceptors (Lipinski definition) is 2. The molecule has 2 atom stereocenters. The zero-order chi connectivity index (χ0) is 16.1. The van der Waals surface area contributed by atoms with Crippen LogP contribution in [0.25, 0.3) is 0 Å². The van der Waals surface area contributed by atoms with Crippen LogP contribution in [0.1, 0.15) is 51.0 Å². The second-order valence-corrected chi connectivity index (χ2v) is 7.94. The molecule has 2 saturated carbocycles. The Balaban J connectivity index is 1.74. The van der Waals surface area contributed by atoms with Crippen LogP contribution in [-0.2, 0) is 15.0 Å². The average molecular weight is 311 g/mol. The summed E-state index contributed by atoms with van der Waals surface area (Å²) in [6.07, 6.45) is 5.22. The van der Waals surface area contributed by atoms with E-state index >= 15 is 0 Å². The summed E-state index contributed by atoms with van der Waals surface area (Å²) in [5.41, 5.74) is 0.436. The van der Waals surface area contributed by atoms with E-state index in [1.54, 1.807) is 0 Å². The van der Waals surface area contributed by atoms with Gasteiger partial charge in [-0.3, -0.25) is 9.59 Å². The molecule has 4 rings (SSSR count). The van der Waals surface area contributed by atoms with Gasteiger partial charge in [-0.15, -0.1) is 0 Å². The van der Waals surface area contributed by atoms with E-state index in [-0.39, 0.29) is 11.3 Å². The number of rotatable bonds is 3. The van der Waals surface area contributed by atoms with Crippen molar-refractivity contribution in [3.8, 4) is 0 Å².